The number of carbonyl (C=O) groups is 1. The molecule has 0 fully saturated rings. The van der Waals surface area contributed by atoms with Gasteiger partial charge in [-0.15, -0.1) is 0 Å². The van der Waals surface area contributed by atoms with E-state index in [1.54, 1.807) is 42.5 Å². The van der Waals surface area contributed by atoms with Crippen LogP contribution in [0.3, 0.4) is 0 Å². The summed E-state index contributed by atoms with van der Waals surface area (Å²) in [5, 5.41) is 3.42. The van der Waals surface area contributed by atoms with Crippen molar-refractivity contribution in [2.75, 3.05) is 30.3 Å². The molecule has 1 amide bonds. The van der Waals surface area contributed by atoms with Gasteiger partial charge >= 0.3 is 0 Å². The zero-order chi connectivity index (χ0) is 22.4. The monoisotopic (exact) mass is 457 g/mol. The minimum Gasteiger partial charge on any atom is -0.325 e. The average molecular weight is 458 g/mol. The Bertz CT molecular complexity index is 1150. The van der Waals surface area contributed by atoms with Gasteiger partial charge in [-0.25, -0.2) is 8.42 Å². The molecule has 31 heavy (non-hydrogen) atoms. The second-order valence-corrected chi connectivity index (χ2v) is 9.59. The van der Waals surface area contributed by atoms with Crippen molar-refractivity contribution in [3.63, 3.8) is 0 Å². The lowest BCUT2D eigenvalue weighted by Crippen LogP contribution is -2.30. The zero-order valence-electron chi connectivity index (χ0n) is 17.3. The van der Waals surface area contributed by atoms with Crippen LogP contribution in [0.2, 0.25) is 5.02 Å². The average Bonchev–Trinajstić information content (AvgIpc) is 2.73. The Labute approximate surface area is 188 Å². The summed E-state index contributed by atoms with van der Waals surface area (Å²) in [6.07, 6.45) is 0. The Morgan fingerprint density at radius 1 is 0.935 bits per heavy atom. The largest absolute Gasteiger partial charge is 0.325 e. The number of hydrogen-bond acceptors (Lipinski definition) is 4. The number of likely N-dealkylation sites (N-methyl/N-ethyl adjacent to an activating group) is 1. The van der Waals surface area contributed by atoms with E-state index in [0.29, 0.717) is 22.9 Å². The van der Waals surface area contributed by atoms with E-state index in [4.69, 9.17) is 11.6 Å². The first kappa shape index (κ1) is 22.8. The van der Waals surface area contributed by atoms with Crippen LogP contribution in [0.4, 0.5) is 11.4 Å². The molecule has 0 heterocycles. The summed E-state index contributed by atoms with van der Waals surface area (Å²) in [4.78, 5) is 14.4. The Morgan fingerprint density at radius 3 is 2.35 bits per heavy atom. The van der Waals surface area contributed by atoms with Gasteiger partial charge in [0.1, 0.15) is 0 Å². The first-order valence-corrected chi connectivity index (χ1v) is 11.4. The minimum absolute atomic E-state index is 0.101. The molecule has 3 aromatic carbocycles. The van der Waals surface area contributed by atoms with E-state index in [9.17, 15) is 13.2 Å². The van der Waals surface area contributed by atoms with Gasteiger partial charge < -0.3 is 5.32 Å². The number of hydrogen-bond donors (Lipinski definition) is 1. The SMILES string of the molecule is CN(CC(=O)Nc1cccc(S(=O)(=O)N(C)c2ccccc2)c1)Cc1cccc(Cl)c1. The molecule has 0 radical (unpaired) electrons. The lowest BCUT2D eigenvalue weighted by Gasteiger charge is -2.20. The quantitative estimate of drug-likeness (QED) is 0.549. The van der Waals surface area contributed by atoms with E-state index >= 15 is 0 Å². The summed E-state index contributed by atoms with van der Waals surface area (Å²) < 4.78 is 27.2. The molecule has 0 saturated carbocycles. The van der Waals surface area contributed by atoms with Gasteiger partial charge in [-0.1, -0.05) is 48.0 Å². The molecule has 0 bridgehead atoms. The molecule has 0 aliphatic carbocycles. The number of carbonyl (C=O) groups excluding carboxylic acids is 1. The summed E-state index contributed by atoms with van der Waals surface area (Å²) in [6.45, 7) is 0.706. The van der Waals surface area contributed by atoms with Crippen LogP contribution in [0.5, 0.6) is 0 Å². The van der Waals surface area contributed by atoms with Crippen molar-refractivity contribution >= 4 is 38.9 Å². The molecule has 0 aromatic heterocycles. The van der Waals surface area contributed by atoms with Gasteiger partial charge in [0.05, 0.1) is 17.1 Å². The van der Waals surface area contributed by atoms with Gasteiger partial charge in [0.2, 0.25) is 5.91 Å². The van der Waals surface area contributed by atoms with Gasteiger partial charge in [-0.3, -0.25) is 14.0 Å². The minimum atomic E-state index is -3.76. The standard InChI is InChI=1S/C23H24ClN3O3S/c1-26(16-18-8-6-9-19(24)14-18)17-23(28)25-20-10-7-13-22(15-20)31(29,30)27(2)21-11-4-3-5-12-21/h3-15H,16-17H2,1-2H3,(H,25,28). The summed E-state index contributed by atoms with van der Waals surface area (Å²) in [5.41, 5.74) is 1.98. The van der Waals surface area contributed by atoms with E-state index in [-0.39, 0.29) is 17.3 Å². The fourth-order valence-electron chi connectivity index (χ4n) is 3.12. The van der Waals surface area contributed by atoms with Crippen LogP contribution in [-0.2, 0) is 21.4 Å². The molecule has 8 heteroatoms. The second-order valence-electron chi connectivity index (χ2n) is 7.19. The molecular formula is C23H24ClN3O3S. The molecule has 6 nitrogen and oxygen atoms in total. The highest BCUT2D eigenvalue weighted by atomic mass is 35.5. The van der Waals surface area contributed by atoms with Crippen molar-refractivity contribution in [2.45, 2.75) is 11.4 Å². The van der Waals surface area contributed by atoms with Crippen molar-refractivity contribution < 1.29 is 13.2 Å². The number of para-hydroxylation sites is 1. The van der Waals surface area contributed by atoms with Crippen LogP contribution in [0.25, 0.3) is 0 Å². The Morgan fingerprint density at radius 2 is 1.65 bits per heavy atom. The molecular weight excluding hydrogens is 434 g/mol. The van der Waals surface area contributed by atoms with E-state index in [0.717, 1.165) is 5.56 Å². The van der Waals surface area contributed by atoms with Crippen molar-refractivity contribution in [2.24, 2.45) is 0 Å². The van der Waals surface area contributed by atoms with Gasteiger partial charge in [0, 0.05) is 24.3 Å². The summed E-state index contributed by atoms with van der Waals surface area (Å²) in [5.74, 6) is -0.240. The fourth-order valence-corrected chi connectivity index (χ4v) is 4.57. The third-order valence-corrected chi connectivity index (χ3v) is 6.67. The highest BCUT2D eigenvalue weighted by molar-refractivity contribution is 7.92. The van der Waals surface area contributed by atoms with Crippen LogP contribution in [0, 0.1) is 0 Å². The van der Waals surface area contributed by atoms with E-state index in [1.165, 1.54) is 23.5 Å². The Hall–Kier alpha value is -2.87. The lowest BCUT2D eigenvalue weighted by molar-refractivity contribution is -0.117. The molecule has 0 spiro atoms. The number of rotatable bonds is 8. The molecule has 1 N–H and O–H groups in total. The molecule has 0 aliphatic heterocycles. The van der Waals surface area contributed by atoms with Gasteiger partial charge in [-0.2, -0.15) is 0 Å². The second kappa shape index (κ2) is 9.96. The Kier molecular flexibility index (Phi) is 7.33. The van der Waals surface area contributed by atoms with Gasteiger partial charge in [0.15, 0.2) is 0 Å². The Balaban J connectivity index is 1.66. The topological polar surface area (TPSA) is 69.7 Å². The number of halogens is 1. The molecule has 0 unspecified atom stereocenters. The number of benzene rings is 3. The van der Waals surface area contributed by atoms with Crippen LogP contribution in [-0.4, -0.2) is 39.9 Å². The van der Waals surface area contributed by atoms with Crippen LogP contribution >= 0.6 is 11.6 Å². The first-order valence-electron chi connectivity index (χ1n) is 9.62. The molecule has 162 valence electrons. The molecule has 0 aliphatic rings. The van der Waals surface area contributed by atoms with Gasteiger partial charge in [0.25, 0.3) is 10.0 Å². The van der Waals surface area contributed by atoms with Crippen molar-refractivity contribution in [1.29, 1.82) is 0 Å². The highest BCUT2D eigenvalue weighted by Gasteiger charge is 2.21. The van der Waals surface area contributed by atoms with Crippen molar-refractivity contribution in [3.05, 3.63) is 89.4 Å². The predicted octanol–water partition coefficient (Wildman–Crippen LogP) is 4.24. The number of anilines is 2. The normalized spacial score (nSPS) is 11.4. The third-order valence-electron chi connectivity index (χ3n) is 4.65. The molecule has 3 aromatic rings. The van der Waals surface area contributed by atoms with Crippen molar-refractivity contribution in [3.8, 4) is 0 Å². The van der Waals surface area contributed by atoms with E-state index in [1.807, 2.05) is 36.2 Å². The maximum Gasteiger partial charge on any atom is 0.264 e. The lowest BCUT2D eigenvalue weighted by atomic mass is 10.2. The van der Waals surface area contributed by atoms with Gasteiger partial charge in [-0.05, 0) is 55.1 Å². The molecule has 3 rings (SSSR count). The van der Waals surface area contributed by atoms with Crippen LogP contribution < -0.4 is 9.62 Å². The smallest absolute Gasteiger partial charge is 0.264 e. The molecule has 0 saturated heterocycles. The predicted molar refractivity (Wildman–Crippen MR) is 125 cm³/mol. The highest BCUT2D eigenvalue weighted by Crippen LogP contribution is 2.23. The van der Waals surface area contributed by atoms with E-state index in [2.05, 4.69) is 5.32 Å². The van der Waals surface area contributed by atoms with Crippen molar-refractivity contribution in [1.82, 2.24) is 4.90 Å². The van der Waals surface area contributed by atoms with Crippen LogP contribution in [0.15, 0.2) is 83.8 Å². The summed E-state index contributed by atoms with van der Waals surface area (Å²) >= 11 is 6.00. The zero-order valence-corrected chi connectivity index (χ0v) is 18.9. The number of amides is 1. The number of sulfonamides is 1. The fraction of sp³-hybridized carbons (Fsp3) is 0.174. The molecule has 0 atom stereocenters. The van der Waals surface area contributed by atoms with Crippen LogP contribution in [0.1, 0.15) is 5.56 Å². The maximum absolute atomic E-state index is 13.0. The summed E-state index contributed by atoms with van der Waals surface area (Å²) in [6, 6.07) is 22.5. The summed E-state index contributed by atoms with van der Waals surface area (Å²) in [7, 11) is -0.429. The number of nitrogens with zero attached hydrogens (tertiary/aromatic N) is 2. The third kappa shape index (κ3) is 6.07. The first-order chi connectivity index (χ1) is 14.8. The number of nitrogens with one attached hydrogen (secondary N) is 1. The van der Waals surface area contributed by atoms with E-state index < -0.39 is 10.0 Å². The maximum atomic E-state index is 13.0.